The lowest BCUT2D eigenvalue weighted by Crippen LogP contribution is -2.59. The zero-order chi connectivity index (χ0) is 30.1. The number of carbonyl (C=O) groups excluding carboxylic acids is 1. The lowest BCUT2D eigenvalue weighted by atomic mass is 9.88. The second kappa shape index (κ2) is 10.2. The number of aromatic nitrogens is 2. The highest BCUT2D eigenvalue weighted by Crippen LogP contribution is 2.48. The smallest absolute Gasteiger partial charge is 0.410 e. The van der Waals surface area contributed by atoms with Gasteiger partial charge < -0.3 is 19.3 Å². The molecule has 0 unspecified atom stereocenters. The Morgan fingerprint density at radius 1 is 1.14 bits per heavy atom. The molecule has 0 aliphatic carbocycles. The van der Waals surface area contributed by atoms with Gasteiger partial charge in [-0.3, -0.25) is 4.57 Å². The molecule has 3 aromatic rings. The summed E-state index contributed by atoms with van der Waals surface area (Å²) in [4.78, 5) is 36.0. The number of rotatable bonds is 2. The number of carbonyl (C=O) groups is 1. The summed E-state index contributed by atoms with van der Waals surface area (Å²) in [6.45, 7) is 13.8. The molecule has 1 aromatic heterocycles. The number of thioether (sulfide) groups is 1. The van der Waals surface area contributed by atoms with E-state index >= 15 is 4.39 Å². The maximum absolute atomic E-state index is 15.2. The Hall–Kier alpha value is -3.18. The number of benzene rings is 2. The maximum atomic E-state index is 15.2. The number of amides is 1. The topological polar surface area (TPSA) is 76.9 Å². The lowest BCUT2D eigenvalue weighted by molar-refractivity contribution is -0.106. The Bertz CT molecular complexity index is 1650. The van der Waals surface area contributed by atoms with E-state index in [-0.39, 0.29) is 29.3 Å². The third-order valence-electron chi connectivity index (χ3n) is 8.31. The molecule has 1 spiro atoms. The largest absolute Gasteiger partial charge is 0.444 e. The van der Waals surface area contributed by atoms with Gasteiger partial charge in [-0.25, -0.2) is 18.4 Å². The van der Waals surface area contributed by atoms with E-state index < -0.39 is 17.2 Å². The van der Waals surface area contributed by atoms with Crippen LogP contribution in [0.2, 0.25) is 0 Å². The van der Waals surface area contributed by atoms with Crippen molar-refractivity contribution in [3.8, 4) is 11.1 Å². The van der Waals surface area contributed by atoms with Crippen LogP contribution in [0.3, 0.4) is 0 Å². The van der Waals surface area contributed by atoms with Gasteiger partial charge in [0.2, 0.25) is 0 Å². The fraction of sp³-hybridized carbons (Fsp3) is 0.516. The van der Waals surface area contributed by atoms with Crippen LogP contribution in [0, 0.1) is 24.0 Å². The molecule has 3 aliphatic heterocycles. The highest BCUT2D eigenvalue weighted by atomic mass is 32.2. The van der Waals surface area contributed by atoms with E-state index in [9.17, 15) is 14.0 Å². The van der Waals surface area contributed by atoms with Gasteiger partial charge in [0.1, 0.15) is 23.1 Å². The maximum Gasteiger partial charge on any atom is 0.410 e. The molecule has 8 nitrogen and oxygen atoms in total. The molecule has 2 saturated heterocycles. The first-order valence-corrected chi connectivity index (χ1v) is 15.3. The van der Waals surface area contributed by atoms with Crippen molar-refractivity contribution in [2.75, 3.05) is 37.0 Å². The van der Waals surface area contributed by atoms with Crippen molar-refractivity contribution in [2.24, 2.45) is 5.41 Å². The van der Waals surface area contributed by atoms with Crippen LogP contribution in [-0.4, -0.2) is 70.3 Å². The number of aryl methyl sites for hydroxylation is 1. The van der Waals surface area contributed by atoms with Crippen LogP contribution in [0.1, 0.15) is 40.2 Å². The van der Waals surface area contributed by atoms with E-state index in [2.05, 4.69) is 9.88 Å². The minimum absolute atomic E-state index is 0.151. The molecule has 42 heavy (non-hydrogen) atoms. The number of anilines is 1. The predicted molar refractivity (Wildman–Crippen MR) is 159 cm³/mol. The molecular formula is C31H36F2N4O4S. The first-order valence-electron chi connectivity index (χ1n) is 14.3. The van der Waals surface area contributed by atoms with Gasteiger partial charge in [-0.1, -0.05) is 0 Å². The fourth-order valence-electron chi connectivity index (χ4n) is 6.22. The van der Waals surface area contributed by atoms with Gasteiger partial charge in [0.15, 0.2) is 0 Å². The normalized spacial score (nSPS) is 21.8. The summed E-state index contributed by atoms with van der Waals surface area (Å²) in [6.07, 6.45) is -0.367. The third kappa shape index (κ3) is 4.94. The van der Waals surface area contributed by atoms with E-state index in [0.717, 1.165) is 21.9 Å². The zero-order valence-electron chi connectivity index (χ0n) is 24.8. The molecule has 2 fully saturated rings. The quantitative estimate of drug-likeness (QED) is 0.380. The Morgan fingerprint density at radius 3 is 2.52 bits per heavy atom. The molecule has 1 amide bonds. The zero-order valence-corrected chi connectivity index (χ0v) is 25.6. The summed E-state index contributed by atoms with van der Waals surface area (Å²) in [7, 11) is 0. The van der Waals surface area contributed by atoms with Crippen LogP contribution in [-0.2, 0) is 16.0 Å². The minimum atomic E-state index is -0.649. The van der Waals surface area contributed by atoms with Crippen molar-refractivity contribution in [2.45, 2.75) is 70.7 Å². The van der Waals surface area contributed by atoms with Crippen LogP contribution < -0.4 is 10.6 Å². The van der Waals surface area contributed by atoms with Gasteiger partial charge in [0.05, 0.1) is 18.7 Å². The van der Waals surface area contributed by atoms with Crippen LogP contribution in [0.5, 0.6) is 0 Å². The Balaban J connectivity index is 1.51. The first-order chi connectivity index (χ1) is 19.8. The van der Waals surface area contributed by atoms with Crippen molar-refractivity contribution in [3.05, 3.63) is 51.9 Å². The SMILES string of the molecule is Cc1cc2c(N3C[C@@H](C)N(C(=O)OC(C)(C)C)C[C@@H]3C)nc(=O)n3c2c(c1-c1ccc(F)cc1F)SCC1(COC1)C3. The van der Waals surface area contributed by atoms with Crippen LogP contribution in [0.4, 0.5) is 19.4 Å². The van der Waals surface area contributed by atoms with E-state index in [4.69, 9.17) is 9.47 Å². The summed E-state index contributed by atoms with van der Waals surface area (Å²) in [5.41, 5.74) is 1.25. The average molecular weight is 599 g/mol. The monoisotopic (exact) mass is 598 g/mol. The Kier molecular flexibility index (Phi) is 7.04. The molecule has 3 aliphatic rings. The summed E-state index contributed by atoms with van der Waals surface area (Å²) in [6, 6.07) is 5.24. The molecular weight excluding hydrogens is 562 g/mol. The van der Waals surface area contributed by atoms with Crippen molar-refractivity contribution >= 4 is 34.6 Å². The number of hydrogen-bond acceptors (Lipinski definition) is 7. The predicted octanol–water partition coefficient (Wildman–Crippen LogP) is 5.61. The van der Waals surface area contributed by atoms with Gasteiger partial charge >= 0.3 is 11.8 Å². The highest BCUT2D eigenvalue weighted by molar-refractivity contribution is 7.99. The van der Waals surface area contributed by atoms with Crippen molar-refractivity contribution < 1.29 is 23.0 Å². The minimum Gasteiger partial charge on any atom is -0.444 e. The summed E-state index contributed by atoms with van der Waals surface area (Å²) in [5.74, 6) is -0.0499. The Morgan fingerprint density at radius 2 is 1.88 bits per heavy atom. The molecule has 0 radical (unpaired) electrons. The second-order valence-corrected chi connectivity index (χ2v) is 14.0. The van der Waals surface area contributed by atoms with E-state index in [1.807, 2.05) is 47.6 Å². The number of piperazine rings is 1. The van der Waals surface area contributed by atoms with Crippen LogP contribution >= 0.6 is 11.8 Å². The fourth-order valence-corrected chi connectivity index (χ4v) is 7.70. The molecule has 6 rings (SSSR count). The summed E-state index contributed by atoms with van der Waals surface area (Å²) >= 11 is 1.59. The van der Waals surface area contributed by atoms with E-state index in [1.165, 1.54) is 12.1 Å². The molecule has 4 heterocycles. The van der Waals surface area contributed by atoms with Crippen molar-refractivity contribution in [1.82, 2.24) is 14.5 Å². The standard InChI is InChI=1S/C31H36F2N4O4S/c1-17-9-22-25-26(24(17)21-8-7-20(32)10-23(21)33)42-16-31(14-40-15-31)13-37(25)28(38)34-27(22)35-11-19(3)36(12-18(35)2)29(39)41-30(4,5)6/h7-10,18-19H,11-16H2,1-6H3/t18-,19+/m0/s1. The molecule has 2 aromatic carbocycles. The molecule has 0 bridgehead atoms. The molecule has 224 valence electrons. The van der Waals surface area contributed by atoms with Gasteiger partial charge in [-0.15, -0.1) is 11.8 Å². The van der Waals surface area contributed by atoms with E-state index in [1.54, 1.807) is 21.2 Å². The van der Waals surface area contributed by atoms with E-state index in [0.29, 0.717) is 61.1 Å². The third-order valence-corrected chi connectivity index (χ3v) is 9.76. The molecule has 0 N–H and O–H groups in total. The molecule has 0 saturated carbocycles. The number of nitrogens with zero attached hydrogens (tertiary/aromatic N) is 4. The lowest BCUT2D eigenvalue weighted by Gasteiger charge is -2.45. The van der Waals surface area contributed by atoms with Gasteiger partial charge in [-0.05, 0) is 65.3 Å². The summed E-state index contributed by atoms with van der Waals surface area (Å²) in [5, 5.41) is 0.794. The number of halogens is 2. The van der Waals surface area contributed by atoms with Crippen LogP contribution in [0.25, 0.3) is 22.0 Å². The Labute approximate surface area is 248 Å². The van der Waals surface area contributed by atoms with Crippen molar-refractivity contribution in [3.63, 3.8) is 0 Å². The second-order valence-electron chi connectivity index (χ2n) is 13.0. The first kappa shape index (κ1) is 28.9. The molecule has 11 heteroatoms. The van der Waals surface area contributed by atoms with Crippen molar-refractivity contribution in [1.29, 1.82) is 0 Å². The van der Waals surface area contributed by atoms with Gasteiger partial charge in [0.25, 0.3) is 0 Å². The molecule has 2 atom stereocenters. The van der Waals surface area contributed by atoms with Crippen LogP contribution in [0.15, 0.2) is 34.0 Å². The van der Waals surface area contributed by atoms with Gasteiger partial charge in [0, 0.05) is 70.4 Å². The number of ether oxygens (including phenoxy) is 2. The highest BCUT2D eigenvalue weighted by Gasteiger charge is 2.43. The average Bonchev–Trinajstić information content (AvgIpc) is 3.06. The van der Waals surface area contributed by atoms with Gasteiger partial charge in [-0.2, -0.15) is 4.98 Å². The number of hydrogen-bond donors (Lipinski definition) is 0. The summed E-state index contributed by atoms with van der Waals surface area (Å²) < 4.78 is 42.1.